The van der Waals surface area contributed by atoms with Crippen molar-refractivity contribution in [2.24, 2.45) is 5.92 Å². The van der Waals surface area contributed by atoms with E-state index in [1.54, 1.807) is 0 Å². The fourth-order valence-electron chi connectivity index (χ4n) is 3.20. The van der Waals surface area contributed by atoms with Gasteiger partial charge in [0.15, 0.2) is 0 Å². The van der Waals surface area contributed by atoms with Gasteiger partial charge < -0.3 is 16.4 Å². The number of hydrogen-bond acceptors (Lipinski definition) is 3. The van der Waals surface area contributed by atoms with E-state index >= 15 is 0 Å². The zero-order valence-electron chi connectivity index (χ0n) is 13.4. The van der Waals surface area contributed by atoms with Crippen LogP contribution in [0.4, 0.5) is 5.69 Å². The van der Waals surface area contributed by atoms with Crippen LogP contribution in [0.25, 0.3) is 0 Å². The molecule has 23 heavy (non-hydrogen) atoms. The van der Waals surface area contributed by atoms with Crippen molar-refractivity contribution in [3.05, 3.63) is 29.3 Å². The third-order valence-electron chi connectivity index (χ3n) is 4.64. The Hall–Kier alpha value is -2.04. The molecular weight excluding hydrogens is 290 g/mol. The number of benzene rings is 1. The summed E-state index contributed by atoms with van der Waals surface area (Å²) in [6, 6.07) is 6.04. The Kier molecular flexibility index (Phi) is 4.84. The van der Waals surface area contributed by atoms with Crippen molar-refractivity contribution in [3.63, 3.8) is 0 Å². The first-order chi connectivity index (χ1) is 11.1. The first-order valence-corrected chi connectivity index (χ1v) is 8.59. The highest BCUT2D eigenvalue weighted by Crippen LogP contribution is 2.31. The average molecular weight is 315 g/mol. The second-order valence-electron chi connectivity index (χ2n) is 6.64. The first kappa shape index (κ1) is 15.8. The number of aryl methyl sites for hydroxylation is 1. The number of hydrogen-bond donors (Lipinski definition) is 3. The maximum Gasteiger partial charge on any atom is 0.223 e. The van der Waals surface area contributed by atoms with E-state index in [2.05, 4.69) is 10.6 Å². The topological polar surface area (TPSA) is 84.2 Å². The van der Waals surface area contributed by atoms with Crippen LogP contribution in [-0.2, 0) is 16.0 Å². The molecule has 1 aromatic rings. The highest BCUT2D eigenvalue weighted by molar-refractivity contribution is 5.81. The predicted octanol–water partition coefficient (Wildman–Crippen LogP) is 2.07. The molecular formula is C18H25N3O2. The van der Waals surface area contributed by atoms with Gasteiger partial charge in [0, 0.05) is 24.6 Å². The van der Waals surface area contributed by atoms with Gasteiger partial charge in [0.25, 0.3) is 0 Å². The lowest BCUT2D eigenvalue weighted by atomic mass is 9.87. The molecule has 0 bridgehead atoms. The lowest BCUT2D eigenvalue weighted by Gasteiger charge is -2.26. The Morgan fingerprint density at radius 3 is 2.83 bits per heavy atom. The van der Waals surface area contributed by atoms with Crippen molar-refractivity contribution in [2.75, 3.05) is 12.3 Å². The monoisotopic (exact) mass is 315 g/mol. The van der Waals surface area contributed by atoms with E-state index in [1.807, 2.05) is 18.2 Å². The SMILES string of the molecule is Nc1ccc2c(c1)CCCC2NC(=O)CCCNC(=O)C1CC1. The summed E-state index contributed by atoms with van der Waals surface area (Å²) in [4.78, 5) is 23.6. The van der Waals surface area contributed by atoms with Gasteiger partial charge in [-0.25, -0.2) is 0 Å². The molecule has 0 heterocycles. The van der Waals surface area contributed by atoms with Crippen molar-refractivity contribution >= 4 is 17.5 Å². The number of nitrogen functional groups attached to an aromatic ring is 1. The summed E-state index contributed by atoms with van der Waals surface area (Å²) in [5, 5.41) is 6.02. The van der Waals surface area contributed by atoms with Crippen molar-refractivity contribution in [3.8, 4) is 0 Å². The first-order valence-electron chi connectivity index (χ1n) is 8.59. The number of rotatable bonds is 6. The minimum absolute atomic E-state index is 0.0559. The minimum atomic E-state index is 0.0559. The Labute approximate surface area is 137 Å². The van der Waals surface area contributed by atoms with Crippen molar-refractivity contribution < 1.29 is 9.59 Å². The van der Waals surface area contributed by atoms with Crippen molar-refractivity contribution in [1.82, 2.24) is 10.6 Å². The van der Waals surface area contributed by atoms with Crippen LogP contribution in [0.2, 0.25) is 0 Å². The number of carbonyl (C=O) groups is 2. The number of nitrogens with two attached hydrogens (primary N) is 1. The molecule has 1 saturated carbocycles. The molecule has 1 fully saturated rings. The lowest BCUT2D eigenvalue weighted by molar-refractivity contribution is -0.124. The van der Waals surface area contributed by atoms with E-state index in [1.165, 1.54) is 11.1 Å². The molecule has 1 unspecified atom stereocenters. The number of amides is 2. The normalized spacial score (nSPS) is 19.7. The van der Waals surface area contributed by atoms with Crippen LogP contribution in [0.1, 0.15) is 55.7 Å². The van der Waals surface area contributed by atoms with Gasteiger partial charge in [0.05, 0.1) is 6.04 Å². The van der Waals surface area contributed by atoms with Crippen LogP contribution in [0.5, 0.6) is 0 Å². The Morgan fingerprint density at radius 1 is 1.22 bits per heavy atom. The third-order valence-corrected chi connectivity index (χ3v) is 4.64. The molecule has 4 N–H and O–H groups in total. The largest absolute Gasteiger partial charge is 0.399 e. The zero-order valence-corrected chi connectivity index (χ0v) is 13.4. The average Bonchev–Trinajstić information content (AvgIpc) is 3.36. The number of carbonyl (C=O) groups excluding carboxylic acids is 2. The third kappa shape index (κ3) is 4.24. The molecule has 1 aromatic carbocycles. The minimum Gasteiger partial charge on any atom is -0.399 e. The Morgan fingerprint density at radius 2 is 2.04 bits per heavy atom. The van der Waals surface area contributed by atoms with Gasteiger partial charge in [-0.1, -0.05) is 6.07 Å². The molecule has 1 atom stereocenters. The van der Waals surface area contributed by atoms with Crippen LogP contribution in [0.15, 0.2) is 18.2 Å². The number of anilines is 1. The second kappa shape index (κ2) is 7.02. The van der Waals surface area contributed by atoms with Crippen LogP contribution in [0.3, 0.4) is 0 Å². The number of nitrogens with one attached hydrogen (secondary N) is 2. The summed E-state index contributed by atoms with van der Waals surface area (Å²) in [6.07, 6.45) is 6.23. The molecule has 2 aliphatic carbocycles. The summed E-state index contributed by atoms with van der Waals surface area (Å²) in [5.41, 5.74) is 9.06. The summed E-state index contributed by atoms with van der Waals surface area (Å²) in [7, 11) is 0. The van der Waals surface area contributed by atoms with Gasteiger partial charge in [0.2, 0.25) is 11.8 Å². The van der Waals surface area contributed by atoms with Gasteiger partial charge in [0.1, 0.15) is 0 Å². The van der Waals surface area contributed by atoms with Crippen LogP contribution < -0.4 is 16.4 Å². The van der Waals surface area contributed by atoms with E-state index in [-0.39, 0.29) is 23.8 Å². The summed E-state index contributed by atoms with van der Waals surface area (Å²) >= 11 is 0. The Balaban J connectivity index is 1.44. The van der Waals surface area contributed by atoms with Crippen molar-refractivity contribution in [1.29, 1.82) is 0 Å². The molecule has 0 radical (unpaired) electrons. The summed E-state index contributed by atoms with van der Waals surface area (Å²) in [6.45, 7) is 0.584. The van der Waals surface area contributed by atoms with Gasteiger partial charge in [-0.3, -0.25) is 9.59 Å². The second-order valence-corrected chi connectivity index (χ2v) is 6.64. The lowest BCUT2D eigenvalue weighted by Crippen LogP contribution is -2.32. The molecule has 0 spiro atoms. The van der Waals surface area contributed by atoms with Gasteiger partial charge in [-0.05, 0) is 61.8 Å². The fraction of sp³-hybridized carbons (Fsp3) is 0.556. The highest BCUT2D eigenvalue weighted by atomic mass is 16.2. The molecule has 5 nitrogen and oxygen atoms in total. The van der Waals surface area contributed by atoms with Crippen molar-refractivity contribution in [2.45, 2.75) is 51.0 Å². The number of fused-ring (bicyclic) bond motifs is 1. The van der Waals surface area contributed by atoms with E-state index in [9.17, 15) is 9.59 Å². The predicted molar refractivity (Wildman–Crippen MR) is 89.6 cm³/mol. The van der Waals surface area contributed by atoms with E-state index in [4.69, 9.17) is 5.73 Å². The molecule has 0 saturated heterocycles. The van der Waals surface area contributed by atoms with Crippen LogP contribution >= 0.6 is 0 Å². The maximum absolute atomic E-state index is 12.1. The molecule has 2 amide bonds. The van der Waals surface area contributed by atoms with Gasteiger partial charge in [-0.2, -0.15) is 0 Å². The quantitative estimate of drug-likeness (QED) is 0.555. The molecule has 0 aromatic heterocycles. The molecule has 2 aliphatic rings. The molecule has 0 aliphatic heterocycles. The smallest absolute Gasteiger partial charge is 0.223 e. The molecule has 124 valence electrons. The standard InChI is InChI=1S/C18H25N3O2/c19-14-8-9-15-13(11-14)3-1-4-16(15)21-17(22)5-2-10-20-18(23)12-6-7-12/h8-9,11-12,16H,1-7,10,19H2,(H,20,23)(H,21,22). The van der Waals surface area contributed by atoms with Gasteiger partial charge >= 0.3 is 0 Å². The van der Waals surface area contributed by atoms with Crippen LogP contribution in [-0.4, -0.2) is 18.4 Å². The van der Waals surface area contributed by atoms with E-state index in [0.717, 1.165) is 37.8 Å². The maximum atomic E-state index is 12.1. The Bertz CT molecular complexity index is 596. The zero-order chi connectivity index (χ0) is 16.2. The van der Waals surface area contributed by atoms with E-state index in [0.29, 0.717) is 19.4 Å². The highest BCUT2D eigenvalue weighted by Gasteiger charge is 2.29. The van der Waals surface area contributed by atoms with Crippen LogP contribution in [0, 0.1) is 5.92 Å². The summed E-state index contributed by atoms with van der Waals surface area (Å²) in [5.74, 6) is 0.430. The summed E-state index contributed by atoms with van der Waals surface area (Å²) < 4.78 is 0. The molecule has 5 heteroatoms. The van der Waals surface area contributed by atoms with Gasteiger partial charge in [-0.15, -0.1) is 0 Å². The molecule has 3 rings (SSSR count). The fourth-order valence-corrected chi connectivity index (χ4v) is 3.20. The van der Waals surface area contributed by atoms with E-state index < -0.39 is 0 Å².